The van der Waals surface area contributed by atoms with Crippen molar-refractivity contribution in [3.63, 3.8) is 0 Å². The zero-order valence-corrected chi connectivity index (χ0v) is 20.6. The molecule has 0 saturated carbocycles. The van der Waals surface area contributed by atoms with Gasteiger partial charge in [0.2, 0.25) is 0 Å². The molecule has 2 N–H and O–H groups in total. The molecule has 2 amide bonds. The van der Waals surface area contributed by atoms with E-state index in [0.29, 0.717) is 16.9 Å². The van der Waals surface area contributed by atoms with Gasteiger partial charge < -0.3 is 10.1 Å². The second-order valence-electron chi connectivity index (χ2n) is 7.68. The van der Waals surface area contributed by atoms with Crippen LogP contribution in [0.1, 0.15) is 31.8 Å². The molecular weight excluding hydrogens is 496 g/mol. The first-order valence-electron chi connectivity index (χ1n) is 11.1. The fourth-order valence-electron chi connectivity index (χ4n) is 3.10. The summed E-state index contributed by atoms with van der Waals surface area (Å²) in [5.74, 6) is -0.635. The fourth-order valence-corrected chi connectivity index (χ4v) is 4.12. The number of carbonyl (C=O) groups excluding carboxylic acids is 3. The van der Waals surface area contributed by atoms with E-state index in [1.54, 1.807) is 24.3 Å². The molecule has 0 spiro atoms. The summed E-state index contributed by atoms with van der Waals surface area (Å²) in [6.45, 7) is 0. The van der Waals surface area contributed by atoms with E-state index in [1.165, 1.54) is 49.4 Å². The number of nitrogens with one attached hydrogen (secondary N) is 2. The van der Waals surface area contributed by atoms with Gasteiger partial charge in [0.05, 0.1) is 23.8 Å². The van der Waals surface area contributed by atoms with E-state index in [1.807, 2.05) is 30.3 Å². The maximum atomic E-state index is 12.9. The van der Waals surface area contributed by atoms with Crippen LogP contribution >= 0.6 is 11.8 Å². The van der Waals surface area contributed by atoms with Crippen LogP contribution in [0, 0.1) is 10.1 Å². The minimum Gasteiger partial charge on any atom is -0.465 e. The first-order valence-corrected chi connectivity index (χ1v) is 12.2. The van der Waals surface area contributed by atoms with Crippen molar-refractivity contribution in [2.24, 2.45) is 5.10 Å². The third-order valence-electron chi connectivity index (χ3n) is 5.08. The molecule has 0 bridgehead atoms. The van der Waals surface area contributed by atoms with Crippen LogP contribution in [-0.2, 0) is 15.3 Å². The number of amides is 2. The molecular formula is C26H24N4O6S. The standard InChI is InChI=1S/C26H24N4O6S/c1-36-26(33)21-9-7-18(8-10-21)15-27-29-25(32)23(17-37-16-19-5-3-2-4-6-19)28-24(31)20-11-13-22(14-12-20)30(34)35/h2-15,23H,16-17H2,1H3,(H,28,31)(H,29,32)/t23-/m1/s1. The Morgan fingerprint density at radius 3 is 2.27 bits per heavy atom. The topological polar surface area (TPSA) is 140 Å². The Morgan fingerprint density at radius 2 is 1.65 bits per heavy atom. The number of hydrazone groups is 1. The number of nitro benzene ring substituents is 1. The lowest BCUT2D eigenvalue weighted by Crippen LogP contribution is -2.47. The molecule has 10 nitrogen and oxygen atoms in total. The van der Waals surface area contributed by atoms with Gasteiger partial charge in [-0.1, -0.05) is 42.5 Å². The van der Waals surface area contributed by atoms with Crippen molar-refractivity contribution >= 4 is 41.4 Å². The summed E-state index contributed by atoms with van der Waals surface area (Å²) in [6.07, 6.45) is 1.41. The highest BCUT2D eigenvalue weighted by Gasteiger charge is 2.22. The average molecular weight is 521 g/mol. The molecule has 0 aromatic heterocycles. The molecule has 0 aliphatic rings. The minimum absolute atomic E-state index is 0.141. The number of nitro groups is 1. The summed E-state index contributed by atoms with van der Waals surface area (Å²) in [5, 5.41) is 17.5. The smallest absolute Gasteiger partial charge is 0.337 e. The van der Waals surface area contributed by atoms with E-state index in [-0.39, 0.29) is 17.0 Å². The minimum atomic E-state index is -0.921. The maximum Gasteiger partial charge on any atom is 0.337 e. The van der Waals surface area contributed by atoms with E-state index in [2.05, 4.69) is 20.6 Å². The Hall–Kier alpha value is -4.51. The van der Waals surface area contributed by atoms with Crippen molar-refractivity contribution < 1.29 is 24.0 Å². The van der Waals surface area contributed by atoms with Gasteiger partial charge in [0.15, 0.2) is 0 Å². The molecule has 0 fully saturated rings. The van der Waals surface area contributed by atoms with Crippen LogP contribution in [0.4, 0.5) is 5.69 Å². The van der Waals surface area contributed by atoms with Gasteiger partial charge in [-0.3, -0.25) is 19.7 Å². The van der Waals surface area contributed by atoms with Crippen molar-refractivity contribution in [1.82, 2.24) is 10.7 Å². The quantitative estimate of drug-likeness (QED) is 0.170. The molecule has 11 heteroatoms. The molecule has 0 aliphatic carbocycles. The zero-order valence-electron chi connectivity index (χ0n) is 19.8. The molecule has 37 heavy (non-hydrogen) atoms. The van der Waals surface area contributed by atoms with Crippen LogP contribution in [0.5, 0.6) is 0 Å². The lowest BCUT2D eigenvalue weighted by atomic mass is 10.1. The zero-order chi connectivity index (χ0) is 26.6. The summed E-state index contributed by atoms with van der Waals surface area (Å²) in [4.78, 5) is 47.4. The van der Waals surface area contributed by atoms with Gasteiger partial charge in [-0.15, -0.1) is 0 Å². The Balaban J connectivity index is 1.65. The Bertz CT molecular complexity index is 1260. The monoisotopic (exact) mass is 520 g/mol. The maximum absolute atomic E-state index is 12.9. The number of ether oxygens (including phenoxy) is 1. The van der Waals surface area contributed by atoms with Crippen molar-refractivity contribution in [2.45, 2.75) is 11.8 Å². The molecule has 0 saturated heterocycles. The normalized spacial score (nSPS) is 11.5. The number of non-ortho nitro benzene ring substituents is 1. The predicted molar refractivity (Wildman–Crippen MR) is 140 cm³/mol. The van der Waals surface area contributed by atoms with Gasteiger partial charge in [-0.25, -0.2) is 10.2 Å². The molecule has 0 heterocycles. The van der Waals surface area contributed by atoms with Gasteiger partial charge in [-0.05, 0) is 35.4 Å². The molecule has 3 rings (SSSR count). The average Bonchev–Trinajstić information content (AvgIpc) is 2.93. The van der Waals surface area contributed by atoms with E-state index in [0.717, 1.165) is 5.56 Å². The van der Waals surface area contributed by atoms with Crippen molar-refractivity contribution in [2.75, 3.05) is 12.9 Å². The number of thioether (sulfide) groups is 1. The van der Waals surface area contributed by atoms with E-state index >= 15 is 0 Å². The van der Waals surface area contributed by atoms with Gasteiger partial charge in [0, 0.05) is 29.2 Å². The molecule has 3 aromatic rings. The van der Waals surface area contributed by atoms with Crippen LogP contribution in [0.15, 0.2) is 84.0 Å². The number of methoxy groups -OCH3 is 1. The number of esters is 1. The summed E-state index contributed by atoms with van der Waals surface area (Å²) in [7, 11) is 1.29. The number of benzene rings is 3. The van der Waals surface area contributed by atoms with E-state index in [9.17, 15) is 24.5 Å². The summed E-state index contributed by atoms with van der Waals surface area (Å²) in [5.41, 5.74) is 4.57. The van der Waals surface area contributed by atoms with Crippen LogP contribution in [0.25, 0.3) is 0 Å². The van der Waals surface area contributed by atoms with Crippen LogP contribution in [-0.4, -0.2) is 47.8 Å². The Labute approximate surface area is 217 Å². The second kappa shape index (κ2) is 13.5. The first-order chi connectivity index (χ1) is 17.9. The second-order valence-corrected chi connectivity index (χ2v) is 8.71. The highest BCUT2D eigenvalue weighted by Crippen LogP contribution is 2.15. The van der Waals surface area contributed by atoms with Crippen molar-refractivity contribution in [1.29, 1.82) is 0 Å². The summed E-state index contributed by atoms with van der Waals surface area (Å²) >= 11 is 1.46. The lowest BCUT2D eigenvalue weighted by molar-refractivity contribution is -0.384. The van der Waals surface area contributed by atoms with Crippen molar-refractivity contribution in [3.8, 4) is 0 Å². The Kier molecular flexibility index (Phi) is 9.91. The number of hydrogen-bond donors (Lipinski definition) is 2. The van der Waals surface area contributed by atoms with Gasteiger partial charge in [0.25, 0.3) is 17.5 Å². The van der Waals surface area contributed by atoms with Crippen LogP contribution in [0.2, 0.25) is 0 Å². The molecule has 0 radical (unpaired) electrons. The Morgan fingerprint density at radius 1 is 1.00 bits per heavy atom. The highest BCUT2D eigenvalue weighted by molar-refractivity contribution is 7.98. The number of carbonyl (C=O) groups is 3. The molecule has 0 unspecified atom stereocenters. The fraction of sp³-hybridized carbons (Fsp3) is 0.154. The first kappa shape index (κ1) is 27.1. The predicted octanol–water partition coefficient (Wildman–Crippen LogP) is 3.56. The van der Waals surface area contributed by atoms with Gasteiger partial charge in [0.1, 0.15) is 6.04 Å². The van der Waals surface area contributed by atoms with Crippen molar-refractivity contribution in [3.05, 3.63) is 111 Å². The summed E-state index contributed by atoms with van der Waals surface area (Å²) in [6, 6.07) is 20.3. The molecule has 1 atom stereocenters. The van der Waals surface area contributed by atoms with E-state index < -0.39 is 28.7 Å². The number of rotatable bonds is 11. The largest absolute Gasteiger partial charge is 0.465 e. The number of hydrogen-bond acceptors (Lipinski definition) is 8. The molecule has 0 aliphatic heterocycles. The van der Waals surface area contributed by atoms with Gasteiger partial charge in [-0.2, -0.15) is 16.9 Å². The number of nitrogens with zero attached hydrogens (tertiary/aromatic N) is 2. The third-order valence-corrected chi connectivity index (χ3v) is 6.18. The lowest BCUT2D eigenvalue weighted by Gasteiger charge is -2.17. The summed E-state index contributed by atoms with van der Waals surface area (Å²) < 4.78 is 4.66. The molecule has 3 aromatic carbocycles. The van der Waals surface area contributed by atoms with E-state index in [4.69, 9.17) is 0 Å². The van der Waals surface area contributed by atoms with Crippen LogP contribution < -0.4 is 10.7 Å². The third kappa shape index (κ3) is 8.29. The SMILES string of the molecule is COC(=O)c1ccc(C=NNC(=O)[C@@H](CSCc2ccccc2)NC(=O)c2ccc([N+](=O)[O-])cc2)cc1. The van der Waals surface area contributed by atoms with Gasteiger partial charge >= 0.3 is 5.97 Å². The van der Waals surface area contributed by atoms with Crippen LogP contribution in [0.3, 0.4) is 0 Å². The highest BCUT2D eigenvalue weighted by atomic mass is 32.2. The molecule has 190 valence electrons.